The fraction of sp³-hybridized carbons (Fsp3) is 0.474. The van der Waals surface area contributed by atoms with Gasteiger partial charge in [-0.3, -0.25) is 9.48 Å². The lowest BCUT2D eigenvalue weighted by Gasteiger charge is -2.19. The number of nitrogens with zero attached hydrogens (tertiary/aromatic N) is 3. The summed E-state index contributed by atoms with van der Waals surface area (Å²) in [5.41, 5.74) is 1.22. The number of hydrogen-bond acceptors (Lipinski definition) is 4. The molecule has 2 aromatic rings. The molecule has 2 heterocycles. The summed E-state index contributed by atoms with van der Waals surface area (Å²) in [5.74, 6) is -0.410. The van der Waals surface area contributed by atoms with Crippen molar-refractivity contribution in [2.75, 3.05) is 19.6 Å². The van der Waals surface area contributed by atoms with Crippen LogP contribution in [-0.4, -0.2) is 48.0 Å². The Bertz CT molecular complexity index is 870. The van der Waals surface area contributed by atoms with Crippen molar-refractivity contribution in [3.63, 3.8) is 0 Å². The van der Waals surface area contributed by atoms with Gasteiger partial charge in [0.1, 0.15) is 0 Å². The highest BCUT2D eigenvalue weighted by molar-refractivity contribution is 7.89. The van der Waals surface area contributed by atoms with Crippen LogP contribution in [-0.2, 0) is 23.5 Å². The molecule has 8 heteroatoms. The van der Waals surface area contributed by atoms with Gasteiger partial charge in [0.05, 0.1) is 5.56 Å². The summed E-state index contributed by atoms with van der Waals surface area (Å²) < 4.78 is 28.9. The molecule has 0 radical (unpaired) electrons. The summed E-state index contributed by atoms with van der Waals surface area (Å²) in [6.45, 7) is 1.39. The first-order chi connectivity index (χ1) is 13.0. The predicted molar refractivity (Wildman–Crippen MR) is 103 cm³/mol. The smallest absolute Gasteiger partial charge is 0.263 e. The van der Waals surface area contributed by atoms with Crippen LogP contribution >= 0.6 is 0 Å². The van der Waals surface area contributed by atoms with Gasteiger partial charge in [-0.05, 0) is 24.8 Å². The molecule has 0 atom stereocenters. The molecule has 7 nitrogen and oxygen atoms in total. The second kappa shape index (κ2) is 8.67. The van der Waals surface area contributed by atoms with Gasteiger partial charge in [0, 0.05) is 32.9 Å². The van der Waals surface area contributed by atoms with Crippen LogP contribution < -0.4 is 5.32 Å². The maximum Gasteiger partial charge on any atom is 0.263 e. The van der Waals surface area contributed by atoms with Crippen molar-refractivity contribution in [1.29, 1.82) is 0 Å². The summed E-state index contributed by atoms with van der Waals surface area (Å²) in [7, 11) is -2.15. The number of carbonyl (C=O) groups excluding carboxylic acids is 1. The van der Waals surface area contributed by atoms with Crippen molar-refractivity contribution in [1.82, 2.24) is 19.4 Å². The number of benzene rings is 1. The third-order valence-electron chi connectivity index (χ3n) is 4.73. The van der Waals surface area contributed by atoms with Crippen LogP contribution in [0.3, 0.4) is 0 Å². The molecule has 0 bridgehead atoms. The summed E-state index contributed by atoms with van der Waals surface area (Å²) in [5, 5.41) is 6.77. The first-order valence-electron chi connectivity index (χ1n) is 9.34. The number of sulfonamides is 1. The van der Waals surface area contributed by atoms with E-state index in [1.807, 2.05) is 30.3 Å². The maximum atomic E-state index is 13.0. The normalized spacial score (nSPS) is 16.0. The van der Waals surface area contributed by atoms with Crippen molar-refractivity contribution in [2.45, 2.75) is 37.1 Å². The van der Waals surface area contributed by atoms with Crippen molar-refractivity contribution in [2.24, 2.45) is 7.05 Å². The maximum absolute atomic E-state index is 13.0. The lowest BCUT2D eigenvalue weighted by Crippen LogP contribution is -2.34. The SMILES string of the molecule is Cn1cc(C(=O)NCCc2ccccc2)c(S(=O)(=O)N2CCCCCC2)n1. The average Bonchev–Trinajstić information content (AvgIpc) is 2.87. The number of rotatable bonds is 6. The molecule has 27 heavy (non-hydrogen) atoms. The van der Waals surface area contributed by atoms with Crippen LogP contribution in [0.5, 0.6) is 0 Å². The summed E-state index contributed by atoms with van der Waals surface area (Å²) >= 11 is 0. The minimum atomic E-state index is -3.78. The second-order valence-corrected chi connectivity index (χ2v) is 8.68. The van der Waals surface area contributed by atoms with Crippen molar-refractivity contribution in [3.05, 3.63) is 47.7 Å². The van der Waals surface area contributed by atoms with Gasteiger partial charge in [0.2, 0.25) is 5.03 Å². The monoisotopic (exact) mass is 390 g/mol. The Balaban J connectivity index is 1.73. The van der Waals surface area contributed by atoms with Crippen molar-refractivity contribution >= 4 is 15.9 Å². The summed E-state index contributed by atoms with van der Waals surface area (Å²) in [6, 6.07) is 9.82. The van der Waals surface area contributed by atoms with E-state index in [-0.39, 0.29) is 10.6 Å². The molecule has 3 rings (SSSR count). The Labute approximate surface area is 160 Å². The lowest BCUT2D eigenvalue weighted by molar-refractivity contribution is 0.0950. The van der Waals surface area contributed by atoms with E-state index >= 15 is 0 Å². The molecule has 0 aliphatic carbocycles. The Morgan fingerprint density at radius 3 is 2.44 bits per heavy atom. The topological polar surface area (TPSA) is 84.3 Å². The lowest BCUT2D eigenvalue weighted by atomic mass is 10.1. The predicted octanol–water partition coefficient (Wildman–Crippen LogP) is 1.96. The standard InChI is InChI=1S/C19H26N4O3S/c1-22-15-17(18(24)20-12-11-16-9-5-4-6-10-16)19(21-22)27(25,26)23-13-7-2-3-8-14-23/h4-6,9-10,15H,2-3,7-8,11-14H2,1H3,(H,20,24). The van der Waals surface area contributed by atoms with E-state index in [0.717, 1.165) is 31.2 Å². The Morgan fingerprint density at radius 2 is 1.78 bits per heavy atom. The van der Waals surface area contributed by atoms with Gasteiger partial charge in [0.15, 0.2) is 0 Å². The highest BCUT2D eigenvalue weighted by Crippen LogP contribution is 2.22. The number of nitrogens with one attached hydrogen (secondary N) is 1. The highest BCUT2D eigenvalue weighted by atomic mass is 32.2. The first-order valence-corrected chi connectivity index (χ1v) is 10.8. The van der Waals surface area contributed by atoms with Crippen LogP contribution in [0.15, 0.2) is 41.6 Å². The molecule has 0 unspecified atom stereocenters. The van der Waals surface area contributed by atoms with E-state index in [2.05, 4.69) is 10.4 Å². The molecular weight excluding hydrogens is 364 g/mol. The van der Waals surface area contributed by atoms with E-state index in [0.29, 0.717) is 26.1 Å². The molecule has 1 aliphatic heterocycles. The summed E-state index contributed by atoms with van der Waals surface area (Å²) in [6.07, 6.45) is 5.89. The zero-order valence-corrected chi connectivity index (χ0v) is 16.4. The van der Waals surface area contributed by atoms with E-state index in [1.54, 1.807) is 7.05 Å². The minimum absolute atomic E-state index is 0.106. The molecule has 0 spiro atoms. The Morgan fingerprint density at radius 1 is 1.11 bits per heavy atom. The number of amides is 1. The molecule has 146 valence electrons. The third-order valence-corrected chi connectivity index (χ3v) is 6.57. The van der Waals surface area contributed by atoms with E-state index < -0.39 is 15.9 Å². The van der Waals surface area contributed by atoms with Crippen LogP contribution in [0.2, 0.25) is 0 Å². The zero-order chi connectivity index (χ0) is 19.3. The number of aryl methyl sites for hydroxylation is 1. The van der Waals surface area contributed by atoms with Crippen LogP contribution in [0.1, 0.15) is 41.6 Å². The summed E-state index contributed by atoms with van der Waals surface area (Å²) in [4.78, 5) is 12.6. The van der Waals surface area contributed by atoms with Gasteiger partial charge in [-0.1, -0.05) is 43.2 Å². The molecule has 1 aromatic heterocycles. The molecule has 1 N–H and O–H groups in total. The number of carbonyl (C=O) groups is 1. The van der Waals surface area contributed by atoms with Crippen molar-refractivity contribution in [3.8, 4) is 0 Å². The van der Waals surface area contributed by atoms with E-state index in [1.165, 1.54) is 15.2 Å². The molecular formula is C19H26N4O3S. The fourth-order valence-corrected chi connectivity index (χ4v) is 4.92. The molecule has 1 saturated heterocycles. The molecule has 1 aliphatic rings. The fourth-order valence-electron chi connectivity index (χ4n) is 3.28. The van der Waals surface area contributed by atoms with Gasteiger partial charge in [-0.25, -0.2) is 8.42 Å². The Hall–Kier alpha value is -2.19. The van der Waals surface area contributed by atoms with Crippen LogP contribution in [0.4, 0.5) is 0 Å². The zero-order valence-electron chi connectivity index (χ0n) is 15.6. The largest absolute Gasteiger partial charge is 0.352 e. The van der Waals surface area contributed by atoms with Gasteiger partial charge >= 0.3 is 0 Å². The second-order valence-electron chi connectivity index (χ2n) is 6.83. The molecule has 1 fully saturated rings. The number of aromatic nitrogens is 2. The van der Waals surface area contributed by atoms with Gasteiger partial charge in [-0.15, -0.1) is 0 Å². The van der Waals surface area contributed by atoms with Gasteiger partial charge < -0.3 is 5.32 Å². The third kappa shape index (κ3) is 4.75. The van der Waals surface area contributed by atoms with E-state index in [9.17, 15) is 13.2 Å². The van der Waals surface area contributed by atoms with Gasteiger partial charge in [-0.2, -0.15) is 9.40 Å². The number of hydrogen-bond donors (Lipinski definition) is 1. The molecule has 0 saturated carbocycles. The van der Waals surface area contributed by atoms with Crippen LogP contribution in [0.25, 0.3) is 0 Å². The molecule has 1 amide bonds. The quantitative estimate of drug-likeness (QED) is 0.817. The van der Waals surface area contributed by atoms with Crippen molar-refractivity contribution < 1.29 is 13.2 Å². The van der Waals surface area contributed by atoms with E-state index in [4.69, 9.17) is 0 Å². The first kappa shape index (κ1) is 19.6. The minimum Gasteiger partial charge on any atom is -0.352 e. The van der Waals surface area contributed by atoms with Crippen LogP contribution in [0, 0.1) is 0 Å². The highest BCUT2D eigenvalue weighted by Gasteiger charge is 2.32. The average molecular weight is 391 g/mol. The Kier molecular flexibility index (Phi) is 6.28. The van der Waals surface area contributed by atoms with Gasteiger partial charge in [0.25, 0.3) is 15.9 Å². The molecule has 1 aromatic carbocycles.